The number of aromatic nitrogens is 2. The normalized spacial score (nSPS) is 19.1. The Kier molecular flexibility index (Phi) is 5.65. The minimum absolute atomic E-state index is 0.0289. The van der Waals surface area contributed by atoms with E-state index in [9.17, 15) is 14.7 Å². The summed E-state index contributed by atoms with van der Waals surface area (Å²) in [5.74, 6) is -0.342. The van der Waals surface area contributed by atoms with Crippen molar-refractivity contribution in [2.75, 3.05) is 31.5 Å². The highest BCUT2D eigenvalue weighted by Crippen LogP contribution is 2.52. The van der Waals surface area contributed by atoms with Gasteiger partial charge in [-0.25, -0.2) is 0 Å². The van der Waals surface area contributed by atoms with Gasteiger partial charge in [0.1, 0.15) is 0 Å². The molecule has 1 unspecified atom stereocenters. The fourth-order valence-corrected chi connectivity index (χ4v) is 5.74. The van der Waals surface area contributed by atoms with E-state index in [2.05, 4.69) is 39.6 Å². The molecule has 1 saturated carbocycles. The Morgan fingerprint density at radius 3 is 2.72 bits per heavy atom. The number of nitrogens with zero attached hydrogens (tertiary/aromatic N) is 4. The highest BCUT2D eigenvalue weighted by Gasteiger charge is 2.51. The van der Waals surface area contributed by atoms with Crippen LogP contribution in [0, 0.1) is 0 Å². The van der Waals surface area contributed by atoms with Gasteiger partial charge in [-0.3, -0.25) is 19.2 Å². The number of anilines is 1. The average molecular weight is 486 g/mol. The maximum absolute atomic E-state index is 13.5. The number of hydrogen-bond acceptors (Lipinski definition) is 5. The Morgan fingerprint density at radius 2 is 1.97 bits per heavy atom. The predicted octanol–water partition coefficient (Wildman–Crippen LogP) is 2.58. The van der Waals surface area contributed by atoms with Crippen molar-refractivity contribution in [3.05, 3.63) is 82.7 Å². The van der Waals surface area contributed by atoms with Gasteiger partial charge in [0, 0.05) is 62.6 Å². The van der Waals surface area contributed by atoms with Crippen LogP contribution in [-0.4, -0.2) is 68.8 Å². The van der Waals surface area contributed by atoms with Crippen LogP contribution in [0.15, 0.2) is 54.9 Å². The molecule has 3 aliphatic rings. The molecule has 0 bridgehead atoms. The minimum atomic E-state index is -0.620. The first-order valence-electron chi connectivity index (χ1n) is 12.6. The zero-order chi connectivity index (χ0) is 24.9. The summed E-state index contributed by atoms with van der Waals surface area (Å²) >= 11 is 0. The molecule has 1 aromatic heterocycles. The molecular formula is C28H31N5O3. The van der Waals surface area contributed by atoms with E-state index in [1.807, 2.05) is 17.0 Å². The number of aliphatic hydroxyl groups is 1. The summed E-state index contributed by atoms with van der Waals surface area (Å²) in [6.07, 6.45) is 5.60. The number of carbonyl (C=O) groups is 2. The third-order valence-corrected chi connectivity index (χ3v) is 7.79. The first-order chi connectivity index (χ1) is 17.4. The molecule has 186 valence electrons. The van der Waals surface area contributed by atoms with Crippen molar-refractivity contribution in [2.24, 2.45) is 7.05 Å². The fraction of sp³-hybridized carbons (Fsp3) is 0.393. The van der Waals surface area contributed by atoms with Gasteiger partial charge in [0.2, 0.25) is 0 Å². The Hall–Kier alpha value is -3.49. The first-order valence-corrected chi connectivity index (χ1v) is 12.6. The molecule has 2 N–H and O–H groups in total. The number of benzene rings is 2. The van der Waals surface area contributed by atoms with Crippen LogP contribution in [0.2, 0.25) is 0 Å². The fourth-order valence-electron chi connectivity index (χ4n) is 5.74. The lowest BCUT2D eigenvalue weighted by atomic mass is 9.86. The van der Waals surface area contributed by atoms with Gasteiger partial charge in [0.15, 0.2) is 0 Å². The van der Waals surface area contributed by atoms with Crippen molar-refractivity contribution in [3.8, 4) is 0 Å². The van der Waals surface area contributed by atoms with Crippen molar-refractivity contribution in [3.63, 3.8) is 0 Å². The number of aliphatic hydroxyl groups excluding tert-OH is 1. The lowest BCUT2D eigenvalue weighted by Crippen LogP contribution is -2.49. The lowest BCUT2D eigenvalue weighted by molar-refractivity contribution is 0.0459. The van der Waals surface area contributed by atoms with Gasteiger partial charge in [-0.1, -0.05) is 30.3 Å². The van der Waals surface area contributed by atoms with Crippen LogP contribution < -0.4 is 5.32 Å². The number of aryl methyl sites for hydroxylation is 1. The lowest BCUT2D eigenvalue weighted by Gasteiger charge is -2.37. The second-order valence-corrected chi connectivity index (χ2v) is 10.5. The van der Waals surface area contributed by atoms with Crippen molar-refractivity contribution in [1.82, 2.24) is 19.6 Å². The minimum Gasteiger partial charge on any atom is -0.390 e. The molecule has 1 aliphatic carbocycles. The molecule has 2 amide bonds. The summed E-state index contributed by atoms with van der Waals surface area (Å²) in [6, 6.07) is 14.1. The van der Waals surface area contributed by atoms with E-state index >= 15 is 0 Å². The smallest absolute Gasteiger partial charge is 0.258 e. The summed E-state index contributed by atoms with van der Waals surface area (Å²) in [4.78, 5) is 30.2. The molecule has 6 rings (SSSR count). The van der Waals surface area contributed by atoms with Crippen LogP contribution >= 0.6 is 0 Å². The molecule has 8 nitrogen and oxygen atoms in total. The Balaban J connectivity index is 1.15. The quantitative estimate of drug-likeness (QED) is 0.560. The number of nitrogens with one attached hydrogen (secondary N) is 1. The van der Waals surface area contributed by atoms with E-state index in [-0.39, 0.29) is 17.2 Å². The van der Waals surface area contributed by atoms with Crippen molar-refractivity contribution < 1.29 is 14.7 Å². The highest BCUT2D eigenvalue weighted by molar-refractivity contribution is 6.05. The van der Waals surface area contributed by atoms with E-state index in [0.29, 0.717) is 36.4 Å². The van der Waals surface area contributed by atoms with Gasteiger partial charge < -0.3 is 15.3 Å². The molecule has 1 fully saturated rings. The van der Waals surface area contributed by atoms with Crippen LogP contribution in [0.5, 0.6) is 0 Å². The highest BCUT2D eigenvalue weighted by atomic mass is 16.3. The molecule has 2 aliphatic heterocycles. The van der Waals surface area contributed by atoms with Crippen LogP contribution in [0.1, 0.15) is 50.2 Å². The van der Waals surface area contributed by atoms with Crippen LogP contribution in [0.4, 0.5) is 5.69 Å². The van der Waals surface area contributed by atoms with E-state index in [1.165, 1.54) is 17.3 Å². The summed E-state index contributed by atoms with van der Waals surface area (Å²) in [7, 11) is 1.76. The number of β-amino-alcohol motifs (C(OH)–C–C–N with tert-alkyl or cyclic N) is 1. The number of carbonyl (C=O) groups excluding carboxylic acids is 2. The molecular weight excluding hydrogens is 454 g/mol. The molecule has 2 aromatic carbocycles. The summed E-state index contributed by atoms with van der Waals surface area (Å²) in [5.41, 5.74) is 5.40. The second-order valence-electron chi connectivity index (χ2n) is 10.5. The predicted molar refractivity (Wildman–Crippen MR) is 136 cm³/mol. The van der Waals surface area contributed by atoms with Crippen molar-refractivity contribution in [2.45, 2.75) is 37.3 Å². The second kappa shape index (κ2) is 8.87. The first kappa shape index (κ1) is 22.9. The van der Waals surface area contributed by atoms with Crippen LogP contribution in [0.3, 0.4) is 0 Å². The molecule has 0 radical (unpaired) electrons. The summed E-state index contributed by atoms with van der Waals surface area (Å²) < 4.78 is 1.58. The van der Waals surface area contributed by atoms with E-state index in [1.54, 1.807) is 24.0 Å². The third kappa shape index (κ3) is 4.31. The number of rotatable bonds is 6. The zero-order valence-corrected chi connectivity index (χ0v) is 20.5. The molecule has 3 heterocycles. The molecule has 1 spiro atoms. The standard InChI is InChI=1S/C28H31N5O3/c1-31-14-21(13-29-31)26(35)30-22-6-7-25-24(12-22)27(36)33(18-28(25)9-10-28)17-23(34)16-32-11-8-19-4-2-3-5-20(19)15-32/h2-7,12-14,23,34H,8-11,15-18H2,1H3,(H,30,35). The number of fused-ring (bicyclic) bond motifs is 3. The van der Waals surface area contributed by atoms with Gasteiger partial charge in [-0.05, 0) is 48.1 Å². The molecule has 0 saturated heterocycles. The van der Waals surface area contributed by atoms with Gasteiger partial charge in [-0.2, -0.15) is 5.10 Å². The number of hydrogen-bond donors (Lipinski definition) is 2. The zero-order valence-electron chi connectivity index (χ0n) is 20.5. The molecule has 8 heteroatoms. The van der Waals surface area contributed by atoms with E-state index in [0.717, 1.165) is 37.9 Å². The van der Waals surface area contributed by atoms with Crippen molar-refractivity contribution in [1.29, 1.82) is 0 Å². The largest absolute Gasteiger partial charge is 0.390 e. The van der Waals surface area contributed by atoms with Gasteiger partial charge in [0.25, 0.3) is 11.8 Å². The Bertz CT molecular complexity index is 1330. The molecule has 3 aromatic rings. The number of amides is 2. The van der Waals surface area contributed by atoms with Crippen LogP contribution in [0.25, 0.3) is 0 Å². The average Bonchev–Trinajstić information content (AvgIpc) is 3.50. The van der Waals surface area contributed by atoms with Gasteiger partial charge in [0.05, 0.1) is 17.9 Å². The van der Waals surface area contributed by atoms with E-state index < -0.39 is 6.10 Å². The van der Waals surface area contributed by atoms with E-state index in [4.69, 9.17) is 0 Å². The SMILES string of the molecule is Cn1cc(C(=O)Nc2ccc3c(c2)C(=O)N(CC(O)CN2CCc4ccccc4C2)CC32CC2)cn1. The Morgan fingerprint density at radius 1 is 1.17 bits per heavy atom. The van der Waals surface area contributed by atoms with Gasteiger partial charge >= 0.3 is 0 Å². The molecule has 36 heavy (non-hydrogen) atoms. The summed E-state index contributed by atoms with van der Waals surface area (Å²) in [5, 5.41) is 17.9. The maximum atomic E-state index is 13.5. The summed E-state index contributed by atoms with van der Waals surface area (Å²) in [6.45, 7) is 3.23. The van der Waals surface area contributed by atoms with Crippen LogP contribution in [-0.2, 0) is 25.4 Å². The molecule has 1 atom stereocenters. The third-order valence-electron chi connectivity index (χ3n) is 7.79. The van der Waals surface area contributed by atoms with Crippen molar-refractivity contribution >= 4 is 17.5 Å². The maximum Gasteiger partial charge on any atom is 0.258 e. The topological polar surface area (TPSA) is 90.7 Å². The van der Waals surface area contributed by atoms with Gasteiger partial charge in [-0.15, -0.1) is 0 Å². The monoisotopic (exact) mass is 485 g/mol. The Labute approximate surface area is 210 Å².